The molecule has 0 amide bonds. The van der Waals surface area contributed by atoms with E-state index in [0.717, 1.165) is 12.8 Å². The van der Waals surface area contributed by atoms with E-state index in [2.05, 4.69) is 44.2 Å². The van der Waals surface area contributed by atoms with Gasteiger partial charge < -0.3 is 5.73 Å². The summed E-state index contributed by atoms with van der Waals surface area (Å²) in [5.74, 6) is 0.613. The van der Waals surface area contributed by atoms with Crippen LogP contribution in [0.3, 0.4) is 0 Å². The Morgan fingerprint density at radius 2 is 1.85 bits per heavy atom. The van der Waals surface area contributed by atoms with Crippen molar-refractivity contribution in [3.63, 3.8) is 0 Å². The predicted octanol–water partition coefficient (Wildman–Crippen LogP) is 2.60. The van der Waals surface area contributed by atoms with Gasteiger partial charge in [-0.3, -0.25) is 0 Å². The zero-order chi connectivity index (χ0) is 9.68. The molecule has 0 spiro atoms. The molecule has 1 aromatic carbocycles. The SMILES string of the molecule is CC[C@@H](Cc1ccccc1)C(C)N. The highest BCUT2D eigenvalue weighted by molar-refractivity contribution is 5.15. The van der Waals surface area contributed by atoms with Crippen LogP contribution < -0.4 is 5.73 Å². The van der Waals surface area contributed by atoms with Gasteiger partial charge in [-0.15, -0.1) is 0 Å². The third kappa shape index (κ3) is 3.19. The van der Waals surface area contributed by atoms with Crippen molar-refractivity contribution in [3.05, 3.63) is 35.9 Å². The van der Waals surface area contributed by atoms with Gasteiger partial charge in [-0.1, -0.05) is 43.7 Å². The highest BCUT2D eigenvalue weighted by Crippen LogP contribution is 2.14. The zero-order valence-corrected chi connectivity index (χ0v) is 8.53. The lowest BCUT2D eigenvalue weighted by atomic mass is 9.91. The molecule has 0 aromatic heterocycles. The Balaban J connectivity index is 2.57. The van der Waals surface area contributed by atoms with Gasteiger partial charge in [-0.2, -0.15) is 0 Å². The average molecular weight is 177 g/mol. The van der Waals surface area contributed by atoms with Gasteiger partial charge in [-0.25, -0.2) is 0 Å². The molecule has 1 unspecified atom stereocenters. The Kier molecular flexibility index (Phi) is 3.97. The van der Waals surface area contributed by atoms with E-state index in [1.54, 1.807) is 0 Å². The molecule has 0 aliphatic rings. The summed E-state index contributed by atoms with van der Waals surface area (Å²) in [7, 11) is 0. The minimum Gasteiger partial charge on any atom is -0.328 e. The summed E-state index contributed by atoms with van der Waals surface area (Å²) in [6.45, 7) is 4.30. The largest absolute Gasteiger partial charge is 0.328 e. The topological polar surface area (TPSA) is 26.0 Å². The zero-order valence-electron chi connectivity index (χ0n) is 8.53. The second kappa shape index (κ2) is 5.03. The lowest BCUT2D eigenvalue weighted by molar-refractivity contribution is 0.428. The highest BCUT2D eigenvalue weighted by Gasteiger charge is 2.11. The first-order valence-corrected chi connectivity index (χ1v) is 5.03. The summed E-state index contributed by atoms with van der Waals surface area (Å²) in [5, 5.41) is 0. The van der Waals surface area contributed by atoms with Crippen molar-refractivity contribution < 1.29 is 0 Å². The van der Waals surface area contributed by atoms with E-state index in [1.165, 1.54) is 5.56 Å². The van der Waals surface area contributed by atoms with Crippen molar-refractivity contribution in [1.29, 1.82) is 0 Å². The molecule has 1 nitrogen and oxygen atoms in total. The Morgan fingerprint density at radius 1 is 1.23 bits per heavy atom. The van der Waals surface area contributed by atoms with Crippen LogP contribution in [0.2, 0.25) is 0 Å². The van der Waals surface area contributed by atoms with Crippen LogP contribution in [0.1, 0.15) is 25.8 Å². The normalized spacial score (nSPS) is 15.3. The van der Waals surface area contributed by atoms with Crippen LogP contribution >= 0.6 is 0 Å². The lowest BCUT2D eigenvalue weighted by Gasteiger charge is -2.18. The highest BCUT2D eigenvalue weighted by atomic mass is 14.6. The van der Waals surface area contributed by atoms with Crippen LogP contribution in [0.25, 0.3) is 0 Å². The summed E-state index contributed by atoms with van der Waals surface area (Å²) in [6, 6.07) is 10.9. The summed E-state index contributed by atoms with van der Waals surface area (Å²) in [6.07, 6.45) is 2.27. The fraction of sp³-hybridized carbons (Fsp3) is 0.500. The Hall–Kier alpha value is -0.820. The van der Waals surface area contributed by atoms with Gasteiger partial charge in [0.15, 0.2) is 0 Å². The molecule has 0 bridgehead atoms. The van der Waals surface area contributed by atoms with Crippen LogP contribution in [0.4, 0.5) is 0 Å². The Bertz CT molecular complexity index is 228. The first kappa shape index (κ1) is 10.3. The number of hydrogen-bond acceptors (Lipinski definition) is 1. The first-order valence-electron chi connectivity index (χ1n) is 5.03. The Labute approximate surface area is 81.0 Å². The van der Waals surface area contributed by atoms with Crippen molar-refractivity contribution in [2.24, 2.45) is 11.7 Å². The van der Waals surface area contributed by atoms with Gasteiger partial charge in [-0.05, 0) is 24.8 Å². The fourth-order valence-electron chi connectivity index (χ4n) is 1.62. The van der Waals surface area contributed by atoms with E-state index in [-0.39, 0.29) is 0 Å². The second-order valence-electron chi connectivity index (χ2n) is 3.72. The summed E-state index contributed by atoms with van der Waals surface area (Å²) in [4.78, 5) is 0. The molecule has 0 fully saturated rings. The third-order valence-electron chi connectivity index (χ3n) is 2.61. The van der Waals surface area contributed by atoms with E-state index in [0.29, 0.717) is 12.0 Å². The third-order valence-corrected chi connectivity index (χ3v) is 2.61. The predicted molar refractivity (Wildman–Crippen MR) is 57.6 cm³/mol. The summed E-state index contributed by atoms with van der Waals surface area (Å²) < 4.78 is 0. The van der Waals surface area contributed by atoms with Gasteiger partial charge in [0.05, 0.1) is 0 Å². The molecule has 13 heavy (non-hydrogen) atoms. The van der Waals surface area contributed by atoms with Crippen LogP contribution in [-0.4, -0.2) is 6.04 Å². The average Bonchev–Trinajstić information content (AvgIpc) is 2.15. The molecule has 1 rings (SSSR count). The molecule has 1 aromatic rings. The maximum atomic E-state index is 5.90. The number of hydrogen-bond donors (Lipinski definition) is 1. The molecule has 0 saturated carbocycles. The molecule has 0 aliphatic heterocycles. The quantitative estimate of drug-likeness (QED) is 0.751. The maximum Gasteiger partial charge on any atom is 0.00418 e. The molecule has 1 heteroatoms. The molecule has 2 atom stereocenters. The summed E-state index contributed by atoms with van der Waals surface area (Å²) in [5.41, 5.74) is 7.29. The van der Waals surface area contributed by atoms with Crippen molar-refractivity contribution >= 4 is 0 Å². The number of benzene rings is 1. The molecule has 0 saturated heterocycles. The standard InChI is InChI=1S/C12H19N/c1-3-12(10(2)13)9-11-7-5-4-6-8-11/h4-8,10,12H,3,9,13H2,1-2H3/t10?,12-/m0/s1. The molecular formula is C12H19N. The van der Waals surface area contributed by atoms with E-state index < -0.39 is 0 Å². The first-order chi connectivity index (χ1) is 6.24. The van der Waals surface area contributed by atoms with Crippen molar-refractivity contribution in [3.8, 4) is 0 Å². The molecule has 72 valence electrons. The van der Waals surface area contributed by atoms with Crippen LogP contribution in [-0.2, 0) is 6.42 Å². The van der Waals surface area contributed by atoms with E-state index in [1.807, 2.05) is 0 Å². The van der Waals surface area contributed by atoms with Crippen LogP contribution in [0.5, 0.6) is 0 Å². The molecular weight excluding hydrogens is 158 g/mol. The monoisotopic (exact) mass is 177 g/mol. The summed E-state index contributed by atoms with van der Waals surface area (Å²) >= 11 is 0. The van der Waals surface area contributed by atoms with Crippen LogP contribution in [0.15, 0.2) is 30.3 Å². The molecule has 0 radical (unpaired) electrons. The van der Waals surface area contributed by atoms with Crippen molar-refractivity contribution in [2.45, 2.75) is 32.7 Å². The molecule has 2 N–H and O–H groups in total. The van der Waals surface area contributed by atoms with Crippen molar-refractivity contribution in [2.75, 3.05) is 0 Å². The van der Waals surface area contributed by atoms with Gasteiger partial charge in [0, 0.05) is 6.04 Å². The minimum absolute atomic E-state index is 0.296. The van der Waals surface area contributed by atoms with Gasteiger partial charge >= 0.3 is 0 Å². The number of nitrogens with two attached hydrogens (primary N) is 1. The molecule has 0 aliphatic carbocycles. The minimum atomic E-state index is 0.296. The van der Waals surface area contributed by atoms with Gasteiger partial charge in [0.1, 0.15) is 0 Å². The number of rotatable bonds is 4. The van der Waals surface area contributed by atoms with Gasteiger partial charge in [0.2, 0.25) is 0 Å². The van der Waals surface area contributed by atoms with E-state index >= 15 is 0 Å². The lowest BCUT2D eigenvalue weighted by Crippen LogP contribution is -2.27. The maximum absolute atomic E-state index is 5.90. The van der Waals surface area contributed by atoms with Crippen LogP contribution in [0, 0.1) is 5.92 Å². The van der Waals surface area contributed by atoms with E-state index in [9.17, 15) is 0 Å². The van der Waals surface area contributed by atoms with Gasteiger partial charge in [0.25, 0.3) is 0 Å². The van der Waals surface area contributed by atoms with E-state index in [4.69, 9.17) is 5.73 Å². The smallest absolute Gasteiger partial charge is 0.00418 e. The second-order valence-corrected chi connectivity index (χ2v) is 3.72. The molecule has 0 heterocycles. The Morgan fingerprint density at radius 3 is 2.31 bits per heavy atom. The van der Waals surface area contributed by atoms with Crippen molar-refractivity contribution in [1.82, 2.24) is 0 Å². The fourth-order valence-corrected chi connectivity index (χ4v) is 1.62.